The van der Waals surface area contributed by atoms with Crippen molar-refractivity contribution in [2.24, 2.45) is 0 Å². The van der Waals surface area contributed by atoms with Crippen LogP contribution in [0.2, 0.25) is 5.02 Å². The molecule has 0 bridgehead atoms. The molecule has 2 N–H and O–H groups in total. The molecule has 0 saturated heterocycles. The smallest absolute Gasteiger partial charge is 0.282 e. The average molecular weight is 351 g/mol. The van der Waals surface area contributed by atoms with Gasteiger partial charge >= 0.3 is 0 Å². The van der Waals surface area contributed by atoms with E-state index in [0.29, 0.717) is 28.8 Å². The van der Waals surface area contributed by atoms with E-state index in [1.165, 1.54) is 6.07 Å². The molecule has 0 fully saturated rings. The van der Waals surface area contributed by atoms with Crippen LogP contribution < -0.4 is 5.32 Å². The highest BCUT2D eigenvalue weighted by Gasteiger charge is 2.15. The SMILES string of the molecule is C[C@H]([NH2+]Cc1nc(-c2ccc(Cl)cc2)no1)c1ccc(F)c(F)c1. The lowest BCUT2D eigenvalue weighted by molar-refractivity contribution is -0.710. The Balaban J connectivity index is 1.64. The van der Waals surface area contributed by atoms with Crippen molar-refractivity contribution in [1.29, 1.82) is 0 Å². The zero-order chi connectivity index (χ0) is 17.1. The minimum Gasteiger partial charge on any atom is -0.333 e. The van der Waals surface area contributed by atoms with Crippen LogP contribution >= 0.6 is 11.6 Å². The Morgan fingerprint density at radius 3 is 2.58 bits per heavy atom. The Bertz CT molecular complexity index is 836. The molecule has 0 amide bonds. The largest absolute Gasteiger partial charge is 0.333 e. The first-order valence-corrected chi connectivity index (χ1v) is 7.77. The predicted octanol–water partition coefficient (Wildman–Crippen LogP) is 3.49. The molecule has 2 aromatic carbocycles. The van der Waals surface area contributed by atoms with E-state index in [1.807, 2.05) is 24.4 Å². The lowest BCUT2D eigenvalue weighted by Gasteiger charge is -2.09. The normalized spacial score (nSPS) is 12.3. The number of benzene rings is 2. The number of hydrogen-bond donors (Lipinski definition) is 1. The molecule has 0 aliphatic heterocycles. The lowest BCUT2D eigenvalue weighted by Crippen LogP contribution is -2.83. The molecule has 124 valence electrons. The second-order valence-electron chi connectivity index (χ2n) is 5.42. The number of halogens is 3. The third-order valence-electron chi connectivity index (χ3n) is 3.69. The minimum atomic E-state index is -0.851. The second-order valence-corrected chi connectivity index (χ2v) is 5.86. The summed E-state index contributed by atoms with van der Waals surface area (Å²) in [6.45, 7) is 2.32. The molecule has 3 aromatic rings. The van der Waals surface area contributed by atoms with Gasteiger partial charge in [-0.2, -0.15) is 4.98 Å². The Kier molecular flexibility index (Phi) is 4.87. The van der Waals surface area contributed by atoms with Crippen molar-refractivity contribution < 1.29 is 18.6 Å². The molecule has 24 heavy (non-hydrogen) atoms. The number of rotatable bonds is 5. The molecule has 1 heterocycles. The van der Waals surface area contributed by atoms with E-state index in [9.17, 15) is 8.78 Å². The molecule has 1 aromatic heterocycles. The van der Waals surface area contributed by atoms with Crippen LogP contribution in [0.3, 0.4) is 0 Å². The van der Waals surface area contributed by atoms with Crippen LogP contribution in [0.1, 0.15) is 24.4 Å². The van der Waals surface area contributed by atoms with Gasteiger partial charge in [0.25, 0.3) is 5.89 Å². The zero-order valence-electron chi connectivity index (χ0n) is 12.8. The maximum atomic E-state index is 13.3. The molecule has 4 nitrogen and oxygen atoms in total. The molecule has 0 unspecified atom stereocenters. The van der Waals surface area contributed by atoms with Crippen LogP contribution in [0, 0.1) is 11.6 Å². The number of aromatic nitrogens is 2. The minimum absolute atomic E-state index is 0.0778. The van der Waals surface area contributed by atoms with Crippen LogP contribution in [0.4, 0.5) is 8.78 Å². The van der Waals surface area contributed by atoms with E-state index in [2.05, 4.69) is 10.1 Å². The molecule has 0 aliphatic carbocycles. The maximum Gasteiger partial charge on any atom is 0.282 e. The van der Waals surface area contributed by atoms with E-state index in [-0.39, 0.29) is 6.04 Å². The van der Waals surface area contributed by atoms with Gasteiger partial charge in [-0.1, -0.05) is 16.8 Å². The molecule has 0 radical (unpaired) electrons. The fraction of sp³-hybridized carbons (Fsp3) is 0.176. The van der Waals surface area contributed by atoms with Crippen LogP contribution in [-0.4, -0.2) is 10.1 Å². The van der Waals surface area contributed by atoms with Crippen LogP contribution in [0.15, 0.2) is 47.0 Å². The van der Waals surface area contributed by atoms with Crippen molar-refractivity contribution >= 4 is 11.6 Å². The summed E-state index contributed by atoms with van der Waals surface area (Å²) in [7, 11) is 0. The van der Waals surface area contributed by atoms with Gasteiger partial charge < -0.3 is 9.84 Å². The molecular weight excluding hydrogens is 336 g/mol. The highest BCUT2D eigenvalue weighted by molar-refractivity contribution is 6.30. The highest BCUT2D eigenvalue weighted by atomic mass is 35.5. The van der Waals surface area contributed by atoms with E-state index < -0.39 is 11.6 Å². The summed E-state index contributed by atoms with van der Waals surface area (Å²) in [6.07, 6.45) is 0. The zero-order valence-corrected chi connectivity index (χ0v) is 13.6. The van der Waals surface area contributed by atoms with Gasteiger partial charge in [0, 0.05) is 16.1 Å². The van der Waals surface area contributed by atoms with E-state index in [0.717, 1.165) is 11.6 Å². The van der Waals surface area contributed by atoms with Gasteiger partial charge in [-0.25, -0.2) is 8.78 Å². The Labute approximate surface area is 142 Å². The number of nitrogens with two attached hydrogens (primary N) is 1. The summed E-state index contributed by atoms with van der Waals surface area (Å²) >= 11 is 5.85. The summed E-state index contributed by atoms with van der Waals surface area (Å²) in [6, 6.07) is 10.9. The van der Waals surface area contributed by atoms with Crippen molar-refractivity contribution in [2.75, 3.05) is 0 Å². The van der Waals surface area contributed by atoms with Crippen LogP contribution in [-0.2, 0) is 6.54 Å². The molecule has 3 rings (SSSR count). The summed E-state index contributed by atoms with van der Waals surface area (Å²) in [4.78, 5) is 4.32. The maximum absolute atomic E-state index is 13.3. The van der Waals surface area contributed by atoms with Crippen molar-refractivity contribution in [3.63, 3.8) is 0 Å². The molecule has 0 spiro atoms. The third kappa shape index (κ3) is 3.77. The molecule has 7 heteroatoms. The Morgan fingerprint density at radius 1 is 1.12 bits per heavy atom. The van der Waals surface area contributed by atoms with Crippen molar-refractivity contribution in [3.8, 4) is 11.4 Å². The molecule has 0 aliphatic rings. The lowest BCUT2D eigenvalue weighted by atomic mass is 10.1. The summed E-state index contributed by atoms with van der Waals surface area (Å²) in [5.74, 6) is -0.768. The topological polar surface area (TPSA) is 55.5 Å². The van der Waals surface area contributed by atoms with Gasteiger partial charge in [0.1, 0.15) is 6.04 Å². The first-order valence-electron chi connectivity index (χ1n) is 7.40. The fourth-order valence-corrected chi connectivity index (χ4v) is 2.39. The van der Waals surface area contributed by atoms with Gasteiger partial charge in [0.15, 0.2) is 18.2 Å². The first-order chi connectivity index (χ1) is 11.5. The number of hydrogen-bond acceptors (Lipinski definition) is 3. The van der Waals surface area contributed by atoms with Crippen LogP contribution in [0.25, 0.3) is 11.4 Å². The quantitative estimate of drug-likeness (QED) is 0.766. The van der Waals surface area contributed by atoms with Crippen LogP contribution in [0.5, 0.6) is 0 Å². The summed E-state index contributed by atoms with van der Waals surface area (Å²) in [5, 5.41) is 6.48. The summed E-state index contributed by atoms with van der Waals surface area (Å²) in [5.41, 5.74) is 1.49. The predicted molar refractivity (Wildman–Crippen MR) is 85.1 cm³/mol. The van der Waals surface area contributed by atoms with E-state index in [4.69, 9.17) is 16.1 Å². The Hall–Kier alpha value is -2.31. The summed E-state index contributed by atoms with van der Waals surface area (Å²) < 4.78 is 31.5. The fourth-order valence-electron chi connectivity index (χ4n) is 2.26. The van der Waals surface area contributed by atoms with E-state index >= 15 is 0 Å². The van der Waals surface area contributed by atoms with Gasteiger partial charge in [-0.15, -0.1) is 0 Å². The van der Waals surface area contributed by atoms with Crippen molar-refractivity contribution in [1.82, 2.24) is 10.1 Å². The third-order valence-corrected chi connectivity index (χ3v) is 3.94. The second kappa shape index (κ2) is 7.07. The van der Waals surface area contributed by atoms with E-state index in [1.54, 1.807) is 18.2 Å². The monoisotopic (exact) mass is 350 g/mol. The molecule has 0 saturated carbocycles. The molecule has 1 atom stereocenters. The highest BCUT2D eigenvalue weighted by Crippen LogP contribution is 2.18. The number of nitrogens with zero attached hydrogens (tertiary/aromatic N) is 2. The van der Waals surface area contributed by atoms with Crippen molar-refractivity contribution in [3.05, 3.63) is 70.6 Å². The number of quaternary nitrogens is 1. The van der Waals surface area contributed by atoms with Gasteiger partial charge in [-0.3, -0.25) is 0 Å². The van der Waals surface area contributed by atoms with Gasteiger partial charge in [-0.05, 0) is 49.4 Å². The standard InChI is InChI=1S/C17H14ClF2N3O/c1-10(12-4-7-14(19)15(20)8-12)21-9-16-22-17(23-24-16)11-2-5-13(18)6-3-11/h2-8,10,21H,9H2,1H3/p+1/t10-/m0/s1. The molecular formula is C17H15ClF2N3O+. The average Bonchev–Trinajstić information content (AvgIpc) is 3.05. The van der Waals surface area contributed by atoms with Crippen molar-refractivity contribution in [2.45, 2.75) is 19.5 Å². The Morgan fingerprint density at radius 2 is 1.88 bits per heavy atom. The first kappa shape index (κ1) is 16.5. The van der Waals surface area contributed by atoms with Gasteiger partial charge in [0.05, 0.1) is 0 Å². The van der Waals surface area contributed by atoms with Gasteiger partial charge in [0.2, 0.25) is 5.82 Å².